The van der Waals surface area contributed by atoms with Crippen LogP contribution in [0.25, 0.3) is 0 Å². The Morgan fingerprint density at radius 3 is 1.89 bits per heavy atom. The average Bonchev–Trinajstić information content (AvgIpc) is 2.27. The lowest BCUT2D eigenvalue weighted by Crippen LogP contribution is -2.54. The van der Waals surface area contributed by atoms with Crippen LogP contribution in [0, 0.1) is 0 Å². The average molecular weight is 274 g/mol. The molecule has 0 fully saturated rings. The summed E-state index contributed by atoms with van der Waals surface area (Å²) in [5, 5.41) is 14.1. The summed E-state index contributed by atoms with van der Waals surface area (Å²) in [6.07, 6.45) is -5.42. The maximum atomic E-state index is 13.1. The van der Waals surface area contributed by atoms with Gasteiger partial charge in [-0.05, 0) is 6.92 Å². The summed E-state index contributed by atoms with van der Waals surface area (Å²) < 4.78 is 39.2. The van der Waals surface area contributed by atoms with Crippen molar-refractivity contribution in [2.75, 3.05) is 0 Å². The second-order valence-corrected chi connectivity index (χ2v) is 3.93. The molecule has 1 unspecified atom stereocenters. The molecule has 8 heteroatoms. The van der Waals surface area contributed by atoms with Crippen LogP contribution in [0.15, 0.2) is 30.3 Å². The van der Waals surface area contributed by atoms with Crippen LogP contribution in [-0.2, 0) is 4.79 Å². The Balaban J connectivity index is 3.49. The molecule has 2 N–H and O–H groups in total. The number of hydrogen-bond donors (Lipinski definition) is 2. The summed E-state index contributed by atoms with van der Waals surface area (Å²) in [5.41, 5.74) is -0.428. The maximum absolute atomic E-state index is 13.1. The number of carbonyl (C=O) groups excluding carboxylic acids is 2. The molecule has 0 amide bonds. The van der Waals surface area contributed by atoms with E-state index in [0.29, 0.717) is 6.92 Å². The maximum Gasteiger partial charge on any atom is 0.483 e. The van der Waals surface area contributed by atoms with Gasteiger partial charge in [0.2, 0.25) is 5.31 Å². The van der Waals surface area contributed by atoms with E-state index in [0.717, 1.165) is 12.1 Å². The molecule has 0 saturated heterocycles. The first-order valence-electron chi connectivity index (χ1n) is 5.19. The van der Waals surface area contributed by atoms with Gasteiger partial charge in [-0.25, -0.2) is 0 Å². The van der Waals surface area contributed by atoms with Gasteiger partial charge in [0.1, 0.15) is 0 Å². The lowest BCUT2D eigenvalue weighted by molar-refractivity contribution is -0.168. The molecule has 0 heterocycles. The summed E-state index contributed by atoms with van der Waals surface area (Å²) in [6.45, 7) is 0.494. The minimum Gasteiger partial charge on any atom is -0.426 e. The van der Waals surface area contributed by atoms with Crippen molar-refractivity contribution in [2.45, 2.75) is 18.4 Å². The zero-order valence-electron chi connectivity index (χ0n) is 9.81. The first kappa shape index (κ1) is 15.4. The second kappa shape index (κ2) is 5.14. The van der Waals surface area contributed by atoms with Gasteiger partial charge in [0.05, 0.1) is 0 Å². The van der Waals surface area contributed by atoms with Crippen LogP contribution in [-0.4, -0.2) is 34.9 Å². The smallest absolute Gasteiger partial charge is 0.426 e. The summed E-state index contributed by atoms with van der Waals surface area (Å²) in [6, 6.07) is 6.20. The number of benzene rings is 1. The van der Waals surface area contributed by atoms with Crippen molar-refractivity contribution >= 4 is 18.7 Å². The molecule has 1 aromatic rings. The van der Waals surface area contributed by atoms with E-state index in [1.165, 1.54) is 18.2 Å². The van der Waals surface area contributed by atoms with Crippen molar-refractivity contribution in [3.8, 4) is 0 Å². The molecule has 0 aliphatic carbocycles. The zero-order chi connectivity index (χ0) is 14.8. The fraction of sp³-hybridized carbons (Fsp3) is 0.273. The lowest BCUT2D eigenvalue weighted by Gasteiger charge is -2.30. The van der Waals surface area contributed by atoms with E-state index in [-0.39, 0.29) is 0 Å². The molecule has 4 nitrogen and oxygen atoms in total. The number of alkyl halides is 3. The number of halogens is 3. The predicted octanol–water partition coefficient (Wildman–Crippen LogP) is 1.23. The number of rotatable bonds is 4. The largest absolute Gasteiger partial charge is 0.483 e. The summed E-state index contributed by atoms with van der Waals surface area (Å²) in [4.78, 5) is 23.2. The Bertz CT molecular complexity index is 486. The molecule has 0 aromatic heterocycles. The molecule has 1 rings (SSSR count). The van der Waals surface area contributed by atoms with Crippen LogP contribution in [0.2, 0.25) is 5.31 Å². The van der Waals surface area contributed by atoms with E-state index in [1.54, 1.807) is 0 Å². The Morgan fingerprint density at radius 2 is 1.58 bits per heavy atom. The third kappa shape index (κ3) is 2.41. The lowest BCUT2D eigenvalue weighted by atomic mass is 9.52. The second-order valence-electron chi connectivity index (χ2n) is 3.93. The fourth-order valence-corrected chi connectivity index (χ4v) is 1.75. The van der Waals surface area contributed by atoms with Gasteiger partial charge in [-0.2, -0.15) is 13.2 Å². The third-order valence-electron chi connectivity index (χ3n) is 2.78. The monoisotopic (exact) mass is 274 g/mol. The minimum absolute atomic E-state index is 0.428. The highest BCUT2D eigenvalue weighted by Crippen LogP contribution is 2.49. The zero-order valence-corrected chi connectivity index (χ0v) is 9.81. The minimum atomic E-state index is -5.42. The van der Waals surface area contributed by atoms with Crippen LogP contribution in [0.5, 0.6) is 0 Å². The normalized spacial score (nSPS) is 14.6. The van der Waals surface area contributed by atoms with Gasteiger partial charge >= 0.3 is 13.3 Å². The van der Waals surface area contributed by atoms with Crippen molar-refractivity contribution < 1.29 is 32.8 Å². The van der Waals surface area contributed by atoms with Crippen LogP contribution < -0.4 is 0 Å². The van der Waals surface area contributed by atoms with E-state index in [2.05, 4.69) is 0 Å². The number of hydrogen-bond acceptors (Lipinski definition) is 4. The molecule has 1 atom stereocenters. The van der Waals surface area contributed by atoms with Gasteiger partial charge < -0.3 is 10.0 Å². The van der Waals surface area contributed by atoms with Crippen molar-refractivity contribution in [1.82, 2.24) is 0 Å². The van der Waals surface area contributed by atoms with Gasteiger partial charge in [0.25, 0.3) is 0 Å². The predicted molar refractivity (Wildman–Crippen MR) is 60.4 cm³/mol. The molecule has 0 saturated carbocycles. The van der Waals surface area contributed by atoms with Crippen molar-refractivity contribution in [3.63, 3.8) is 0 Å². The standard InChI is InChI=1S/C11H10BF3O4/c1-7(16)10(12(18)19,11(13,14)15)9(17)8-5-3-2-4-6-8/h2-6,18-19H,1H3. The molecular weight excluding hydrogens is 264 g/mol. The topological polar surface area (TPSA) is 74.6 Å². The highest BCUT2D eigenvalue weighted by atomic mass is 19.4. The van der Waals surface area contributed by atoms with Crippen molar-refractivity contribution in [2.24, 2.45) is 0 Å². The quantitative estimate of drug-likeness (QED) is 0.492. The summed E-state index contributed by atoms with van der Waals surface area (Å²) in [5.74, 6) is -3.37. The molecule has 0 aliphatic rings. The van der Waals surface area contributed by atoms with Gasteiger partial charge in [0.15, 0.2) is 11.6 Å². The van der Waals surface area contributed by atoms with Crippen LogP contribution >= 0.6 is 0 Å². The van der Waals surface area contributed by atoms with E-state index in [4.69, 9.17) is 10.0 Å². The molecule has 0 radical (unpaired) electrons. The summed E-state index contributed by atoms with van der Waals surface area (Å²) in [7, 11) is -3.17. The highest BCUT2D eigenvalue weighted by Gasteiger charge is 2.70. The Hall–Kier alpha value is -1.67. The van der Waals surface area contributed by atoms with Gasteiger partial charge in [-0.1, -0.05) is 30.3 Å². The Morgan fingerprint density at radius 1 is 1.11 bits per heavy atom. The van der Waals surface area contributed by atoms with Crippen molar-refractivity contribution in [1.29, 1.82) is 0 Å². The van der Waals surface area contributed by atoms with Gasteiger partial charge in [0, 0.05) is 5.56 Å². The molecule has 102 valence electrons. The Labute approximate surface area is 107 Å². The number of ketones is 2. The van der Waals surface area contributed by atoms with Crippen LogP contribution in [0.3, 0.4) is 0 Å². The first-order chi connectivity index (χ1) is 8.65. The molecule has 0 aliphatic heterocycles. The third-order valence-corrected chi connectivity index (χ3v) is 2.78. The molecular formula is C11H10BF3O4. The van der Waals surface area contributed by atoms with E-state index >= 15 is 0 Å². The van der Waals surface area contributed by atoms with E-state index in [9.17, 15) is 22.8 Å². The fourth-order valence-electron chi connectivity index (χ4n) is 1.75. The molecule has 0 spiro atoms. The number of Topliss-reactive ketones (excluding diaryl/α,β-unsaturated/α-hetero) is 2. The van der Waals surface area contributed by atoms with Crippen LogP contribution in [0.1, 0.15) is 17.3 Å². The molecule has 19 heavy (non-hydrogen) atoms. The summed E-state index contributed by atoms with van der Waals surface area (Å²) >= 11 is 0. The van der Waals surface area contributed by atoms with Gasteiger partial charge in [-0.15, -0.1) is 0 Å². The first-order valence-corrected chi connectivity index (χ1v) is 5.19. The number of carbonyl (C=O) groups is 2. The molecule has 1 aromatic carbocycles. The molecule has 0 bridgehead atoms. The highest BCUT2D eigenvalue weighted by molar-refractivity contribution is 6.61. The van der Waals surface area contributed by atoms with Gasteiger partial charge in [-0.3, -0.25) is 9.59 Å². The Kier molecular flexibility index (Phi) is 4.16. The van der Waals surface area contributed by atoms with Crippen molar-refractivity contribution in [3.05, 3.63) is 35.9 Å². The van der Waals surface area contributed by atoms with E-state index in [1.807, 2.05) is 0 Å². The van der Waals surface area contributed by atoms with E-state index < -0.39 is 35.7 Å². The van der Waals surface area contributed by atoms with Crippen LogP contribution in [0.4, 0.5) is 13.2 Å². The SMILES string of the molecule is CC(=O)C(B(O)O)(C(=O)c1ccccc1)C(F)(F)F.